The molecule has 4 aromatic rings. The number of aromatic nitrogens is 1. The van der Waals surface area contributed by atoms with Crippen molar-refractivity contribution >= 4 is 34.6 Å². The van der Waals surface area contributed by atoms with Crippen molar-refractivity contribution in [2.75, 3.05) is 18.4 Å². The Morgan fingerprint density at radius 3 is 2.56 bits per heavy atom. The molecule has 3 aromatic carbocycles. The van der Waals surface area contributed by atoms with Crippen LogP contribution in [0.4, 0.5) is 11.7 Å². The average molecular weight is 486 g/mol. The molecule has 1 aliphatic heterocycles. The Morgan fingerprint density at radius 1 is 1.08 bits per heavy atom. The van der Waals surface area contributed by atoms with Crippen LogP contribution >= 0.6 is 0 Å². The number of carboxylic acids is 1. The number of nitrogens with one attached hydrogen (secondary N) is 1. The van der Waals surface area contributed by atoms with Crippen molar-refractivity contribution in [3.63, 3.8) is 0 Å². The highest BCUT2D eigenvalue weighted by molar-refractivity contribution is 5.88. The number of carboxylic acid groups (broad SMARTS) is 1. The molecule has 0 saturated carbocycles. The number of fused-ring (bicyclic) bond motifs is 1. The number of aryl methyl sites for hydroxylation is 1. The van der Waals surface area contributed by atoms with Crippen molar-refractivity contribution in [3.05, 3.63) is 83.4 Å². The number of benzene rings is 3. The van der Waals surface area contributed by atoms with Crippen molar-refractivity contribution in [3.8, 4) is 5.75 Å². The molecule has 1 unspecified atom stereocenters. The van der Waals surface area contributed by atoms with Gasteiger partial charge in [-0.05, 0) is 73.4 Å². The normalized spacial score (nSPS) is 14.6. The van der Waals surface area contributed by atoms with Gasteiger partial charge in [0.2, 0.25) is 6.23 Å². The number of rotatable bonds is 9. The number of carbonyl (C=O) groups excluding carboxylic acids is 1. The lowest BCUT2D eigenvalue weighted by Gasteiger charge is -2.27. The molecular formula is C28H27N3O5. The summed E-state index contributed by atoms with van der Waals surface area (Å²) >= 11 is 0. The summed E-state index contributed by atoms with van der Waals surface area (Å²) in [5.41, 5.74) is 4.27. The topological polar surface area (TPSA) is 105 Å². The average Bonchev–Trinajstić information content (AvgIpc) is 3.54. The van der Waals surface area contributed by atoms with Gasteiger partial charge in [-0.3, -0.25) is 9.69 Å². The third kappa shape index (κ3) is 5.23. The highest BCUT2D eigenvalue weighted by Gasteiger charge is 2.30. The van der Waals surface area contributed by atoms with Gasteiger partial charge in [0.25, 0.3) is 6.01 Å². The van der Waals surface area contributed by atoms with E-state index in [2.05, 4.69) is 10.3 Å². The first-order chi connectivity index (χ1) is 17.5. The molecule has 1 atom stereocenters. The number of Topliss-reactive ketones (excluding diaryl/α,β-unsaturated/α-hetero) is 1. The second-order valence-corrected chi connectivity index (χ2v) is 8.95. The van der Waals surface area contributed by atoms with Crippen LogP contribution in [-0.2, 0) is 11.2 Å². The van der Waals surface area contributed by atoms with Crippen LogP contribution in [0.15, 0.2) is 71.1 Å². The fourth-order valence-corrected chi connectivity index (χ4v) is 4.37. The molecule has 0 bridgehead atoms. The Hall–Kier alpha value is -4.17. The molecule has 1 saturated heterocycles. The number of hydrogen-bond donors (Lipinski definition) is 2. The van der Waals surface area contributed by atoms with Crippen molar-refractivity contribution in [2.24, 2.45) is 0 Å². The van der Waals surface area contributed by atoms with Gasteiger partial charge in [0.15, 0.2) is 11.4 Å². The minimum atomic E-state index is -1.01. The molecule has 0 amide bonds. The molecule has 184 valence electrons. The highest BCUT2D eigenvalue weighted by atomic mass is 16.5. The number of oxazole rings is 1. The molecular weight excluding hydrogens is 458 g/mol. The molecule has 36 heavy (non-hydrogen) atoms. The summed E-state index contributed by atoms with van der Waals surface area (Å²) in [6.07, 6.45) is 1.44. The predicted octanol–water partition coefficient (Wildman–Crippen LogP) is 5.19. The number of ether oxygens (including phenoxy) is 1. The van der Waals surface area contributed by atoms with Crippen LogP contribution in [0.3, 0.4) is 0 Å². The van der Waals surface area contributed by atoms with Crippen LogP contribution < -0.4 is 10.1 Å². The van der Waals surface area contributed by atoms with Gasteiger partial charge in [0, 0.05) is 25.2 Å². The summed E-state index contributed by atoms with van der Waals surface area (Å²) in [6.45, 7) is 3.56. The van der Waals surface area contributed by atoms with Crippen LogP contribution in [0.5, 0.6) is 5.75 Å². The minimum Gasteiger partial charge on any atom is -0.478 e. The van der Waals surface area contributed by atoms with E-state index in [9.17, 15) is 9.59 Å². The monoisotopic (exact) mass is 485 g/mol. The molecule has 1 aliphatic rings. The Labute approximate surface area is 208 Å². The fourth-order valence-electron chi connectivity index (χ4n) is 4.37. The lowest BCUT2D eigenvalue weighted by Crippen LogP contribution is -2.44. The summed E-state index contributed by atoms with van der Waals surface area (Å²) in [7, 11) is 0. The second-order valence-electron chi connectivity index (χ2n) is 8.95. The second kappa shape index (κ2) is 10.2. The van der Waals surface area contributed by atoms with E-state index >= 15 is 0 Å². The molecule has 8 nitrogen and oxygen atoms in total. The number of carbonyl (C=O) groups is 2. The highest BCUT2D eigenvalue weighted by Crippen LogP contribution is 2.26. The lowest BCUT2D eigenvalue weighted by atomic mass is 10.1. The van der Waals surface area contributed by atoms with Crippen LogP contribution in [0, 0.1) is 6.92 Å². The molecule has 5 rings (SSSR count). The standard InChI is InChI=1S/C28H27N3O5/c1-18-6-2-3-7-22(18)29-28-30-23-13-8-19(17-25(23)36-28)16-24(32)26(31-14-4-5-15-31)35-21-11-9-20(10-12-21)27(33)34/h2-3,6-13,17,26H,4-5,14-16H2,1H3,(H,29,30)(H,33,34). The Balaban J connectivity index is 1.32. The first-order valence-corrected chi connectivity index (χ1v) is 12.0. The number of hydrogen-bond acceptors (Lipinski definition) is 7. The zero-order chi connectivity index (χ0) is 25.1. The summed E-state index contributed by atoms with van der Waals surface area (Å²) in [5, 5.41) is 12.3. The van der Waals surface area contributed by atoms with E-state index < -0.39 is 12.2 Å². The number of anilines is 2. The summed E-state index contributed by atoms with van der Waals surface area (Å²) in [4.78, 5) is 31.1. The third-order valence-electron chi connectivity index (χ3n) is 6.31. The van der Waals surface area contributed by atoms with Gasteiger partial charge < -0.3 is 19.6 Å². The molecule has 2 heterocycles. The van der Waals surface area contributed by atoms with Crippen molar-refractivity contribution in [1.82, 2.24) is 9.88 Å². The zero-order valence-corrected chi connectivity index (χ0v) is 19.9. The lowest BCUT2D eigenvalue weighted by molar-refractivity contribution is -0.132. The van der Waals surface area contributed by atoms with Gasteiger partial charge in [0.1, 0.15) is 11.3 Å². The maximum atomic E-state index is 13.4. The molecule has 0 spiro atoms. The van der Waals surface area contributed by atoms with Crippen molar-refractivity contribution < 1.29 is 23.8 Å². The Bertz CT molecular complexity index is 1390. The van der Waals surface area contributed by atoms with Gasteiger partial charge in [-0.25, -0.2) is 4.79 Å². The number of para-hydroxylation sites is 1. The minimum absolute atomic E-state index is 0.0728. The van der Waals surface area contributed by atoms with Gasteiger partial charge in [-0.2, -0.15) is 4.98 Å². The SMILES string of the molecule is Cc1ccccc1Nc1nc2ccc(CC(=O)C(Oc3ccc(C(=O)O)cc3)N3CCCC3)cc2o1. The molecule has 8 heteroatoms. The van der Waals surface area contributed by atoms with E-state index in [1.54, 1.807) is 12.1 Å². The zero-order valence-electron chi connectivity index (χ0n) is 19.9. The number of nitrogens with zero attached hydrogens (tertiary/aromatic N) is 2. The quantitative estimate of drug-likeness (QED) is 0.334. The first-order valence-electron chi connectivity index (χ1n) is 12.0. The van der Waals surface area contributed by atoms with Crippen LogP contribution in [0.1, 0.15) is 34.3 Å². The third-order valence-corrected chi connectivity index (χ3v) is 6.31. The van der Waals surface area contributed by atoms with Crippen molar-refractivity contribution in [1.29, 1.82) is 0 Å². The first kappa shape index (κ1) is 23.6. The van der Waals surface area contributed by atoms with E-state index in [0.717, 1.165) is 42.7 Å². The number of aromatic carboxylic acids is 1. The van der Waals surface area contributed by atoms with Gasteiger partial charge in [-0.15, -0.1) is 0 Å². The van der Waals surface area contributed by atoms with E-state index in [-0.39, 0.29) is 17.8 Å². The van der Waals surface area contributed by atoms with Crippen LogP contribution in [0.2, 0.25) is 0 Å². The molecule has 0 radical (unpaired) electrons. The predicted molar refractivity (Wildman–Crippen MR) is 136 cm³/mol. The molecule has 1 fully saturated rings. The Kier molecular flexibility index (Phi) is 6.69. The van der Waals surface area contributed by atoms with E-state index in [1.165, 1.54) is 12.1 Å². The maximum Gasteiger partial charge on any atom is 0.335 e. The molecule has 2 N–H and O–H groups in total. The van der Waals surface area contributed by atoms with Gasteiger partial charge in [-0.1, -0.05) is 24.3 Å². The van der Waals surface area contributed by atoms with Crippen LogP contribution in [0.25, 0.3) is 11.1 Å². The Morgan fingerprint density at radius 2 is 1.83 bits per heavy atom. The fraction of sp³-hybridized carbons (Fsp3) is 0.250. The summed E-state index contributed by atoms with van der Waals surface area (Å²) in [6, 6.07) is 20.0. The van der Waals surface area contributed by atoms with E-state index in [4.69, 9.17) is 14.3 Å². The van der Waals surface area contributed by atoms with Crippen LogP contribution in [-0.4, -0.2) is 46.1 Å². The number of ketones is 1. The van der Waals surface area contributed by atoms with E-state index in [1.807, 2.05) is 54.3 Å². The largest absolute Gasteiger partial charge is 0.478 e. The van der Waals surface area contributed by atoms with E-state index in [0.29, 0.717) is 22.9 Å². The van der Waals surface area contributed by atoms with Gasteiger partial charge >= 0.3 is 5.97 Å². The van der Waals surface area contributed by atoms with Crippen molar-refractivity contribution in [2.45, 2.75) is 32.4 Å². The summed E-state index contributed by atoms with van der Waals surface area (Å²) < 4.78 is 12.0. The summed E-state index contributed by atoms with van der Waals surface area (Å²) in [5.74, 6) is -0.618. The smallest absolute Gasteiger partial charge is 0.335 e. The van der Waals surface area contributed by atoms with Gasteiger partial charge in [0.05, 0.1) is 5.56 Å². The molecule has 1 aromatic heterocycles. The molecule has 0 aliphatic carbocycles. The number of likely N-dealkylation sites (tertiary alicyclic amines) is 1. The maximum absolute atomic E-state index is 13.4.